The molecule has 0 bridgehead atoms. The van der Waals surface area contributed by atoms with Gasteiger partial charge in [-0.05, 0) is 23.1 Å². The Balaban J connectivity index is 1.65. The van der Waals surface area contributed by atoms with Crippen LogP contribution in [0, 0.1) is 5.41 Å². The Morgan fingerprint density at radius 1 is 1.06 bits per heavy atom. The zero-order valence-electron chi connectivity index (χ0n) is 18.9. The van der Waals surface area contributed by atoms with Gasteiger partial charge in [-0.15, -0.1) is 11.3 Å². The van der Waals surface area contributed by atoms with Crippen molar-refractivity contribution in [2.75, 3.05) is 7.11 Å². The first-order valence-electron chi connectivity index (χ1n) is 11.0. The molecule has 0 unspecified atom stereocenters. The molecule has 168 valence electrons. The van der Waals surface area contributed by atoms with Crippen LogP contribution in [0.5, 0.6) is 5.75 Å². The number of ether oxygens (including phenoxy) is 2. The summed E-state index contributed by atoms with van der Waals surface area (Å²) in [6.07, 6.45) is 1.14. The first-order valence-corrected chi connectivity index (χ1v) is 11.8. The number of carbonyl (C=O) groups excluding carboxylic acids is 1. The van der Waals surface area contributed by atoms with E-state index in [1.807, 2.05) is 60.0 Å². The molecule has 2 aliphatic rings. The molecular weight excluding hydrogens is 432 g/mol. The predicted molar refractivity (Wildman–Crippen MR) is 131 cm³/mol. The van der Waals surface area contributed by atoms with E-state index in [-0.39, 0.29) is 17.1 Å². The number of allylic oxidation sites excluding steroid dienone is 3. The normalized spacial score (nSPS) is 19.8. The van der Waals surface area contributed by atoms with Crippen LogP contribution in [0.1, 0.15) is 43.2 Å². The average molecular weight is 459 g/mol. The molecule has 0 amide bonds. The number of methoxy groups -OCH3 is 1. The quantitative estimate of drug-likeness (QED) is 0.527. The smallest absolute Gasteiger partial charge is 0.197 e. The first-order chi connectivity index (χ1) is 15.9. The lowest BCUT2D eigenvalue weighted by atomic mass is 9.70. The molecule has 1 aliphatic carbocycles. The third-order valence-electron chi connectivity index (χ3n) is 6.21. The van der Waals surface area contributed by atoms with Gasteiger partial charge in [-0.3, -0.25) is 4.79 Å². The highest BCUT2D eigenvalue weighted by molar-refractivity contribution is 7.11. The lowest BCUT2D eigenvalue weighted by Crippen LogP contribution is -2.33. The van der Waals surface area contributed by atoms with Gasteiger partial charge in [-0.25, -0.2) is 4.98 Å². The van der Waals surface area contributed by atoms with Gasteiger partial charge in [0.15, 0.2) is 11.7 Å². The second kappa shape index (κ2) is 8.19. The number of carbonyl (C=O) groups is 1. The van der Waals surface area contributed by atoms with Crippen LogP contribution >= 0.6 is 11.3 Å². The summed E-state index contributed by atoms with van der Waals surface area (Å²) < 4.78 is 11.5. The molecule has 5 nitrogen and oxygen atoms in total. The molecule has 0 spiro atoms. The van der Waals surface area contributed by atoms with Gasteiger partial charge < -0.3 is 15.2 Å². The average Bonchev–Trinajstić information content (AvgIpc) is 3.28. The lowest BCUT2D eigenvalue weighted by Gasteiger charge is -2.38. The number of hydrogen-bond donors (Lipinski definition) is 1. The van der Waals surface area contributed by atoms with Crippen LogP contribution in [0.3, 0.4) is 0 Å². The third kappa shape index (κ3) is 3.95. The van der Waals surface area contributed by atoms with Gasteiger partial charge in [-0.2, -0.15) is 0 Å². The molecule has 2 N–H and O–H groups in total. The van der Waals surface area contributed by atoms with Crippen molar-refractivity contribution < 1.29 is 14.3 Å². The van der Waals surface area contributed by atoms with Crippen LogP contribution in [-0.2, 0) is 9.53 Å². The Bertz CT molecular complexity index is 1270. The Kier molecular flexibility index (Phi) is 5.33. The molecule has 2 heterocycles. The van der Waals surface area contributed by atoms with Crippen molar-refractivity contribution in [3.05, 3.63) is 87.8 Å². The summed E-state index contributed by atoms with van der Waals surface area (Å²) in [6, 6.07) is 17.8. The molecule has 0 radical (unpaired) electrons. The number of nitrogens with two attached hydrogens (primary N) is 1. The molecule has 1 aliphatic heterocycles. The van der Waals surface area contributed by atoms with E-state index in [1.165, 1.54) is 11.3 Å². The minimum absolute atomic E-state index is 0.104. The van der Waals surface area contributed by atoms with Gasteiger partial charge in [-0.1, -0.05) is 56.3 Å². The van der Waals surface area contributed by atoms with E-state index in [2.05, 4.69) is 13.8 Å². The largest absolute Gasteiger partial charge is 0.497 e. The van der Waals surface area contributed by atoms with Crippen molar-refractivity contribution in [1.82, 2.24) is 4.98 Å². The van der Waals surface area contributed by atoms with Crippen molar-refractivity contribution >= 4 is 22.7 Å². The van der Waals surface area contributed by atoms with Crippen molar-refractivity contribution in [3.63, 3.8) is 0 Å². The van der Waals surface area contributed by atoms with Gasteiger partial charge >= 0.3 is 0 Å². The van der Waals surface area contributed by atoms with Crippen LogP contribution in [0.4, 0.5) is 0 Å². The summed E-state index contributed by atoms with van der Waals surface area (Å²) >= 11 is 1.51. The van der Waals surface area contributed by atoms with Crippen molar-refractivity contribution in [3.8, 4) is 17.0 Å². The summed E-state index contributed by atoms with van der Waals surface area (Å²) in [5.74, 6) is 1.52. The Hall–Kier alpha value is -3.38. The fraction of sp³-hybridized carbons (Fsp3) is 0.259. The van der Waals surface area contributed by atoms with Crippen LogP contribution in [0.15, 0.2) is 77.2 Å². The number of rotatable bonds is 4. The fourth-order valence-electron chi connectivity index (χ4n) is 4.66. The number of benzene rings is 2. The standard InChI is InChI=1S/C27H26N2O3S/c1-27(2)13-20(30)23-21(14-27)32-25(28)24(22(23)17-9-11-18(31-3)12-10-17)26-29-19(15-33-26)16-7-5-4-6-8-16/h4-12,15,22H,13-14,28H2,1-3H3/t22-/m0/s1. The van der Waals surface area contributed by atoms with Gasteiger partial charge in [0.1, 0.15) is 16.5 Å². The highest BCUT2D eigenvalue weighted by Crippen LogP contribution is 2.51. The molecule has 33 heavy (non-hydrogen) atoms. The SMILES string of the molecule is COc1ccc([C@H]2C3=C(CC(C)(C)CC3=O)OC(N)=C2c2nc(-c3ccccc3)cs2)cc1. The van der Waals surface area contributed by atoms with Gasteiger partial charge in [0, 0.05) is 35.3 Å². The molecule has 5 rings (SSSR count). The van der Waals surface area contributed by atoms with Gasteiger partial charge in [0.25, 0.3) is 0 Å². The Labute approximate surface area is 197 Å². The summed E-state index contributed by atoms with van der Waals surface area (Å²) in [6.45, 7) is 4.17. The zero-order valence-corrected chi connectivity index (χ0v) is 19.7. The molecule has 0 saturated carbocycles. The van der Waals surface area contributed by atoms with E-state index in [0.29, 0.717) is 30.1 Å². The van der Waals surface area contributed by atoms with Crippen molar-refractivity contribution in [2.24, 2.45) is 11.1 Å². The van der Waals surface area contributed by atoms with E-state index in [4.69, 9.17) is 20.2 Å². The summed E-state index contributed by atoms with van der Waals surface area (Å²) in [4.78, 5) is 18.3. The molecule has 1 aromatic heterocycles. The Morgan fingerprint density at radius 3 is 2.48 bits per heavy atom. The first kappa shape index (κ1) is 21.5. The second-order valence-corrected chi connectivity index (χ2v) is 10.1. The minimum Gasteiger partial charge on any atom is -0.497 e. The van der Waals surface area contributed by atoms with Crippen molar-refractivity contribution in [1.29, 1.82) is 0 Å². The molecular formula is C27H26N2O3S. The number of ketones is 1. The molecule has 0 saturated heterocycles. The van der Waals surface area contributed by atoms with E-state index >= 15 is 0 Å². The predicted octanol–water partition coefficient (Wildman–Crippen LogP) is 5.90. The highest BCUT2D eigenvalue weighted by atomic mass is 32.1. The number of nitrogens with zero attached hydrogens (tertiary/aromatic N) is 1. The number of hydrogen-bond acceptors (Lipinski definition) is 6. The topological polar surface area (TPSA) is 74.4 Å². The van der Waals surface area contributed by atoms with Crippen LogP contribution < -0.4 is 10.5 Å². The number of thiazole rings is 1. The number of Topliss-reactive ketones (excluding diaryl/α,β-unsaturated/α-hetero) is 1. The maximum atomic E-state index is 13.4. The minimum atomic E-state index is -0.335. The highest BCUT2D eigenvalue weighted by Gasteiger charge is 2.43. The van der Waals surface area contributed by atoms with Gasteiger partial charge in [0.2, 0.25) is 0 Å². The molecule has 2 aromatic carbocycles. The van der Waals surface area contributed by atoms with Crippen LogP contribution in [-0.4, -0.2) is 17.9 Å². The summed E-state index contributed by atoms with van der Waals surface area (Å²) in [7, 11) is 1.64. The summed E-state index contributed by atoms with van der Waals surface area (Å²) in [5, 5.41) is 2.78. The van der Waals surface area contributed by atoms with Crippen LogP contribution in [0.2, 0.25) is 0 Å². The van der Waals surface area contributed by atoms with E-state index in [9.17, 15) is 4.79 Å². The van der Waals surface area contributed by atoms with E-state index in [0.717, 1.165) is 33.2 Å². The molecule has 0 fully saturated rings. The lowest BCUT2D eigenvalue weighted by molar-refractivity contribution is -0.118. The zero-order chi connectivity index (χ0) is 23.2. The van der Waals surface area contributed by atoms with E-state index < -0.39 is 0 Å². The fourth-order valence-corrected chi connectivity index (χ4v) is 5.57. The number of aromatic nitrogens is 1. The summed E-state index contributed by atoms with van der Waals surface area (Å²) in [5.41, 5.74) is 10.7. The Morgan fingerprint density at radius 2 is 1.79 bits per heavy atom. The maximum Gasteiger partial charge on any atom is 0.197 e. The van der Waals surface area contributed by atoms with Crippen LogP contribution in [0.25, 0.3) is 16.8 Å². The maximum absolute atomic E-state index is 13.4. The van der Waals surface area contributed by atoms with Gasteiger partial charge in [0.05, 0.1) is 18.4 Å². The second-order valence-electron chi connectivity index (χ2n) is 9.27. The monoisotopic (exact) mass is 458 g/mol. The third-order valence-corrected chi connectivity index (χ3v) is 7.08. The van der Waals surface area contributed by atoms with E-state index in [1.54, 1.807) is 7.11 Å². The molecule has 6 heteroatoms. The molecule has 1 atom stereocenters. The van der Waals surface area contributed by atoms with Crippen molar-refractivity contribution in [2.45, 2.75) is 32.6 Å². The molecule has 3 aromatic rings.